The summed E-state index contributed by atoms with van der Waals surface area (Å²) in [5.41, 5.74) is 2.32. The molecular weight excluding hydrogens is 264 g/mol. The van der Waals surface area contributed by atoms with E-state index >= 15 is 0 Å². The maximum absolute atomic E-state index is 10.7. The summed E-state index contributed by atoms with van der Waals surface area (Å²) in [7, 11) is 0. The lowest BCUT2D eigenvalue weighted by Crippen LogP contribution is -2.27. The van der Waals surface area contributed by atoms with Gasteiger partial charge < -0.3 is 10.0 Å². The average molecular weight is 284 g/mol. The summed E-state index contributed by atoms with van der Waals surface area (Å²) in [4.78, 5) is 17.0. The highest BCUT2D eigenvalue weighted by Gasteiger charge is 2.07. The zero-order chi connectivity index (χ0) is 14.9. The van der Waals surface area contributed by atoms with Crippen molar-refractivity contribution in [2.45, 2.75) is 19.3 Å². The van der Waals surface area contributed by atoms with E-state index < -0.39 is 5.97 Å². The molecule has 1 heterocycles. The van der Waals surface area contributed by atoms with E-state index in [2.05, 4.69) is 28.1 Å². The number of aliphatic carboxylic acids is 1. The molecule has 0 saturated carbocycles. The van der Waals surface area contributed by atoms with Crippen LogP contribution in [-0.4, -0.2) is 29.1 Å². The van der Waals surface area contributed by atoms with E-state index in [1.807, 2.05) is 30.5 Å². The molecule has 2 aromatic rings. The second-order valence-electron chi connectivity index (χ2n) is 4.93. The van der Waals surface area contributed by atoms with E-state index in [-0.39, 0.29) is 6.42 Å². The smallest absolute Gasteiger partial charge is 0.303 e. The zero-order valence-electron chi connectivity index (χ0n) is 12.0. The summed E-state index contributed by atoms with van der Waals surface area (Å²) in [6.07, 6.45) is 5.40. The largest absolute Gasteiger partial charge is 0.481 e. The van der Waals surface area contributed by atoms with Crippen molar-refractivity contribution >= 4 is 11.7 Å². The summed E-state index contributed by atoms with van der Waals surface area (Å²) in [5, 5.41) is 8.78. The first-order valence-corrected chi connectivity index (χ1v) is 7.16. The molecule has 0 fully saturated rings. The summed E-state index contributed by atoms with van der Waals surface area (Å²) in [6.45, 7) is 1.60. The molecule has 0 radical (unpaired) electrons. The Morgan fingerprint density at radius 3 is 2.57 bits per heavy atom. The van der Waals surface area contributed by atoms with Gasteiger partial charge in [0.1, 0.15) is 0 Å². The number of hydrogen-bond donors (Lipinski definition) is 1. The van der Waals surface area contributed by atoms with Gasteiger partial charge in [0.2, 0.25) is 0 Å². The molecule has 0 spiro atoms. The number of nitrogens with zero attached hydrogens (tertiary/aromatic N) is 2. The molecule has 0 aliphatic heterocycles. The first-order chi connectivity index (χ1) is 10.3. The van der Waals surface area contributed by atoms with Crippen LogP contribution in [-0.2, 0) is 11.2 Å². The molecule has 110 valence electrons. The van der Waals surface area contributed by atoms with Crippen LogP contribution in [0.1, 0.15) is 18.4 Å². The third-order valence-corrected chi connectivity index (χ3v) is 3.33. The molecule has 0 atom stereocenters. The van der Waals surface area contributed by atoms with E-state index in [1.54, 1.807) is 6.20 Å². The van der Waals surface area contributed by atoms with Gasteiger partial charge in [-0.15, -0.1) is 0 Å². The summed E-state index contributed by atoms with van der Waals surface area (Å²) in [6, 6.07) is 14.1. The van der Waals surface area contributed by atoms with Gasteiger partial charge in [-0.05, 0) is 36.6 Å². The molecule has 0 aliphatic rings. The number of carboxylic acids is 1. The highest BCUT2D eigenvalue weighted by atomic mass is 16.4. The quantitative estimate of drug-likeness (QED) is 0.809. The Hall–Kier alpha value is -2.36. The Kier molecular flexibility index (Phi) is 5.76. The predicted octanol–water partition coefficient (Wildman–Crippen LogP) is 3.00. The minimum absolute atomic E-state index is 0.205. The third kappa shape index (κ3) is 5.26. The second kappa shape index (κ2) is 8.04. The molecule has 0 amide bonds. The van der Waals surface area contributed by atoms with E-state index in [4.69, 9.17) is 5.11 Å². The van der Waals surface area contributed by atoms with Crippen LogP contribution in [0.3, 0.4) is 0 Å². The number of aromatic nitrogens is 1. The topological polar surface area (TPSA) is 53.4 Å². The van der Waals surface area contributed by atoms with Gasteiger partial charge in [0.05, 0.1) is 0 Å². The Labute approximate surface area is 125 Å². The van der Waals surface area contributed by atoms with Gasteiger partial charge in [0.25, 0.3) is 0 Å². The standard InChI is InChI=1S/C17H20N2O2/c20-17(21)9-5-12-19(16-7-2-1-3-8-16)13-10-15-6-4-11-18-14-15/h1-4,6-8,11,14H,5,9-10,12-13H2,(H,20,21). The molecule has 4 heteroatoms. The molecule has 21 heavy (non-hydrogen) atoms. The summed E-state index contributed by atoms with van der Waals surface area (Å²) >= 11 is 0. The van der Waals surface area contributed by atoms with Gasteiger partial charge in [0.15, 0.2) is 0 Å². The highest BCUT2D eigenvalue weighted by molar-refractivity contribution is 5.66. The van der Waals surface area contributed by atoms with Gasteiger partial charge in [-0.2, -0.15) is 0 Å². The number of pyridine rings is 1. The first-order valence-electron chi connectivity index (χ1n) is 7.16. The van der Waals surface area contributed by atoms with Crippen molar-refractivity contribution in [2.75, 3.05) is 18.0 Å². The van der Waals surface area contributed by atoms with Crippen LogP contribution in [0, 0.1) is 0 Å². The first kappa shape index (κ1) is 15.0. The molecule has 1 N–H and O–H groups in total. The van der Waals surface area contributed by atoms with Crippen LogP contribution in [0.4, 0.5) is 5.69 Å². The third-order valence-electron chi connectivity index (χ3n) is 3.33. The fourth-order valence-electron chi connectivity index (χ4n) is 2.24. The molecule has 0 aliphatic carbocycles. The van der Waals surface area contributed by atoms with Gasteiger partial charge in [-0.3, -0.25) is 9.78 Å². The number of rotatable bonds is 8. The van der Waals surface area contributed by atoms with Crippen LogP contribution in [0.15, 0.2) is 54.9 Å². The Balaban J connectivity index is 1.96. The maximum Gasteiger partial charge on any atom is 0.303 e. The van der Waals surface area contributed by atoms with Gasteiger partial charge in [-0.1, -0.05) is 24.3 Å². The fraction of sp³-hybridized carbons (Fsp3) is 0.294. The highest BCUT2D eigenvalue weighted by Crippen LogP contribution is 2.15. The van der Waals surface area contributed by atoms with Crippen molar-refractivity contribution in [3.8, 4) is 0 Å². The molecule has 1 aromatic heterocycles. The van der Waals surface area contributed by atoms with Crippen LogP contribution < -0.4 is 4.90 Å². The van der Waals surface area contributed by atoms with E-state index in [0.29, 0.717) is 6.42 Å². The SMILES string of the molecule is O=C(O)CCCN(CCc1cccnc1)c1ccccc1. The molecular formula is C17H20N2O2. The minimum Gasteiger partial charge on any atom is -0.481 e. The number of para-hydroxylation sites is 1. The zero-order valence-corrected chi connectivity index (χ0v) is 12.0. The van der Waals surface area contributed by atoms with Gasteiger partial charge in [0, 0.05) is 37.6 Å². The summed E-state index contributed by atoms with van der Waals surface area (Å²) < 4.78 is 0. The van der Waals surface area contributed by atoms with Crippen LogP contribution in [0.25, 0.3) is 0 Å². The molecule has 4 nitrogen and oxygen atoms in total. The lowest BCUT2D eigenvalue weighted by Gasteiger charge is -2.24. The molecule has 2 rings (SSSR count). The van der Waals surface area contributed by atoms with Crippen molar-refractivity contribution < 1.29 is 9.90 Å². The number of carboxylic acid groups (broad SMARTS) is 1. The second-order valence-corrected chi connectivity index (χ2v) is 4.93. The molecule has 0 saturated heterocycles. The van der Waals surface area contributed by atoms with Crippen LogP contribution in [0.2, 0.25) is 0 Å². The van der Waals surface area contributed by atoms with Crippen molar-refractivity contribution in [3.63, 3.8) is 0 Å². The van der Waals surface area contributed by atoms with Crippen LogP contribution >= 0.6 is 0 Å². The van der Waals surface area contributed by atoms with Gasteiger partial charge in [-0.25, -0.2) is 0 Å². The van der Waals surface area contributed by atoms with Crippen molar-refractivity contribution in [1.29, 1.82) is 0 Å². The maximum atomic E-state index is 10.7. The van der Waals surface area contributed by atoms with Crippen LogP contribution in [0.5, 0.6) is 0 Å². The normalized spacial score (nSPS) is 10.3. The average Bonchev–Trinajstić information content (AvgIpc) is 2.52. The van der Waals surface area contributed by atoms with Crippen molar-refractivity contribution in [3.05, 3.63) is 60.4 Å². The fourth-order valence-corrected chi connectivity index (χ4v) is 2.24. The van der Waals surface area contributed by atoms with Crippen molar-refractivity contribution in [1.82, 2.24) is 4.98 Å². The number of anilines is 1. The molecule has 0 unspecified atom stereocenters. The number of benzene rings is 1. The van der Waals surface area contributed by atoms with Gasteiger partial charge >= 0.3 is 5.97 Å². The van der Waals surface area contributed by atoms with E-state index in [9.17, 15) is 4.79 Å². The number of carbonyl (C=O) groups is 1. The Bertz CT molecular complexity index is 543. The Morgan fingerprint density at radius 1 is 1.10 bits per heavy atom. The minimum atomic E-state index is -0.740. The Morgan fingerprint density at radius 2 is 1.90 bits per heavy atom. The lowest BCUT2D eigenvalue weighted by molar-refractivity contribution is -0.137. The molecule has 0 bridgehead atoms. The monoisotopic (exact) mass is 284 g/mol. The van der Waals surface area contributed by atoms with E-state index in [1.165, 1.54) is 5.56 Å². The summed E-state index contributed by atoms with van der Waals surface area (Å²) in [5.74, 6) is -0.740. The lowest BCUT2D eigenvalue weighted by atomic mass is 10.1. The predicted molar refractivity (Wildman–Crippen MR) is 83.5 cm³/mol. The molecule has 1 aromatic carbocycles. The van der Waals surface area contributed by atoms with Crippen molar-refractivity contribution in [2.24, 2.45) is 0 Å². The van der Waals surface area contributed by atoms with E-state index in [0.717, 1.165) is 25.2 Å². The number of hydrogen-bond acceptors (Lipinski definition) is 3.